The van der Waals surface area contributed by atoms with Gasteiger partial charge in [-0.1, -0.05) is 37.3 Å². The van der Waals surface area contributed by atoms with Crippen LogP contribution in [0.1, 0.15) is 44.1 Å². The molecule has 2 aliphatic carbocycles. The van der Waals surface area contributed by atoms with Gasteiger partial charge in [-0.2, -0.15) is 0 Å². The van der Waals surface area contributed by atoms with E-state index >= 15 is 0 Å². The lowest BCUT2D eigenvalue weighted by Gasteiger charge is -2.43. The van der Waals surface area contributed by atoms with Crippen LogP contribution < -0.4 is 5.32 Å². The molecule has 2 saturated carbocycles. The quantitative estimate of drug-likeness (QED) is 0.735. The number of hydrogen-bond acceptors (Lipinski definition) is 3. The lowest BCUT2D eigenvalue weighted by atomic mass is 9.84. The standard InChI is InChI=1S/C19H28N2O2/c1-14(16-5-3-2-4-6-16)11-20-17-9-18(10-17)21(13-19(22)23)12-15-7-8-15/h2-6,14-15,17-18,20H,7-13H2,1H3,(H,22,23). The molecule has 1 aromatic carbocycles. The first-order valence-electron chi connectivity index (χ1n) is 8.86. The number of nitrogens with zero attached hydrogens (tertiary/aromatic N) is 1. The minimum atomic E-state index is -0.695. The summed E-state index contributed by atoms with van der Waals surface area (Å²) in [5.41, 5.74) is 1.37. The fourth-order valence-corrected chi connectivity index (χ4v) is 3.44. The van der Waals surface area contributed by atoms with Crippen LogP contribution in [-0.2, 0) is 4.79 Å². The van der Waals surface area contributed by atoms with Gasteiger partial charge in [0.1, 0.15) is 0 Å². The second-order valence-corrected chi connectivity index (χ2v) is 7.31. The number of carbonyl (C=O) groups is 1. The van der Waals surface area contributed by atoms with E-state index in [9.17, 15) is 4.79 Å². The summed E-state index contributed by atoms with van der Waals surface area (Å²) in [5.74, 6) is 0.566. The van der Waals surface area contributed by atoms with Gasteiger partial charge in [-0.25, -0.2) is 0 Å². The summed E-state index contributed by atoms with van der Waals surface area (Å²) in [6.45, 7) is 4.42. The maximum Gasteiger partial charge on any atom is 0.317 e. The van der Waals surface area contributed by atoms with Crippen molar-refractivity contribution in [3.63, 3.8) is 0 Å². The molecular formula is C19H28N2O2. The molecule has 23 heavy (non-hydrogen) atoms. The molecule has 0 aliphatic heterocycles. The van der Waals surface area contributed by atoms with Crippen LogP contribution in [0.2, 0.25) is 0 Å². The van der Waals surface area contributed by atoms with Gasteiger partial charge in [0.15, 0.2) is 0 Å². The van der Waals surface area contributed by atoms with Crippen LogP contribution in [0.5, 0.6) is 0 Å². The maximum atomic E-state index is 11.1. The van der Waals surface area contributed by atoms with E-state index in [1.807, 2.05) is 0 Å². The Balaban J connectivity index is 1.40. The third-order valence-corrected chi connectivity index (χ3v) is 5.24. The SMILES string of the molecule is CC(CNC1CC(N(CC(=O)O)CC2CC2)C1)c1ccccc1. The van der Waals surface area contributed by atoms with Crippen molar-refractivity contribution >= 4 is 5.97 Å². The van der Waals surface area contributed by atoms with Crippen molar-refractivity contribution in [1.29, 1.82) is 0 Å². The first kappa shape index (κ1) is 16.5. The normalized spacial score (nSPS) is 25.1. The molecule has 0 heterocycles. The summed E-state index contributed by atoms with van der Waals surface area (Å²) in [7, 11) is 0. The number of carboxylic acids is 1. The van der Waals surface area contributed by atoms with Crippen LogP contribution in [0.15, 0.2) is 30.3 Å². The average molecular weight is 316 g/mol. The molecule has 0 radical (unpaired) electrons. The number of rotatable bonds is 9. The third-order valence-electron chi connectivity index (χ3n) is 5.24. The van der Waals surface area contributed by atoms with Crippen LogP contribution in [0.25, 0.3) is 0 Å². The number of aliphatic carboxylic acids is 1. The summed E-state index contributed by atoms with van der Waals surface area (Å²) in [5, 5.41) is 12.7. The van der Waals surface area contributed by atoms with Crippen LogP contribution >= 0.6 is 0 Å². The van der Waals surface area contributed by atoms with E-state index in [2.05, 4.69) is 47.5 Å². The van der Waals surface area contributed by atoms with Crippen molar-refractivity contribution < 1.29 is 9.90 Å². The number of benzene rings is 1. The average Bonchev–Trinajstić information content (AvgIpc) is 3.29. The van der Waals surface area contributed by atoms with Gasteiger partial charge in [0, 0.05) is 25.2 Å². The van der Waals surface area contributed by atoms with E-state index in [-0.39, 0.29) is 6.54 Å². The van der Waals surface area contributed by atoms with Gasteiger partial charge in [-0.3, -0.25) is 9.69 Å². The van der Waals surface area contributed by atoms with Crippen molar-refractivity contribution in [2.45, 2.75) is 50.6 Å². The molecular weight excluding hydrogens is 288 g/mol. The zero-order valence-corrected chi connectivity index (χ0v) is 13.9. The Morgan fingerprint density at radius 2 is 2.00 bits per heavy atom. The Morgan fingerprint density at radius 3 is 2.61 bits per heavy atom. The van der Waals surface area contributed by atoms with Gasteiger partial charge in [0.25, 0.3) is 0 Å². The first-order chi connectivity index (χ1) is 11.1. The zero-order chi connectivity index (χ0) is 16.2. The van der Waals surface area contributed by atoms with Crippen LogP contribution in [-0.4, -0.2) is 47.7 Å². The monoisotopic (exact) mass is 316 g/mol. The molecule has 0 spiro atoms. The molecule has 4 nitrogen and oxygen atoms in total. The Hall–Kier alpha value is -1.39. The molecule has 4 heteroatoms. The van der Waals surface area contributed by atoms with Crippen molar-refractivity contribution in [2.24, 2.45) is 5.92 Å². The van der Waals surface area contributed by atoms with Crippen molar-refractivity contribution in [2.75, 3.05) is 19.6 Å². The highest BCUT2D eigenvalue weighted by molar-refractivity contribution is 5.69. The first-order valence-corrected chi connectivity index (χ1v) is 8.86. The molecule has 2 fully saturated rings. The summed E-state index contributed by atoms with van der Waals surface area (Å²) < 4.78 is 0. The molecule has 0 saturated heterocycles. The van der Waals surface area contributed by atoms with Crippen molar-refractivity contribution in [1.82, 2.24) is 10.2 Å². The lowest BCUT2D eigenvalue weighted by molar-refractivity contribution is -0.139. The molecule has 0 aromatic heterocycles. The molecule has 0 bridgehead atoms. The zero-order valence-electron chi connectivity index (χ0n) is 13.9. The van der Waals surface area contributed by atoms with E-state index in [0.29, 0.717) is 18.0 Å². The Morgan fingerprint density at radius 1 is 1.30 bits per heavy atom. The third kappa shape index (κ3) is 4.79. The van der Waals surface area contributed by atoms with Gasteiger partial charge in [0.2, 0.25) is 0 Å². The number of nitrogens with one attached hydrogen (secondary N) is 1. The van der Waals surface area contributed by atoms with E-state index < -0.39 is 5.97 Å². The van der Waals surface area contributed by atoms with Gasteiger partial charge < -0.3 is 10.4 Å². The molecule has 2 N–H and O–H groups in total. The molecule has 126 valence electrons. The number of hydrogen-bond donors (Lipinski definition) is 2. The highest BCUT2D eigenvalue weighted by Crippen LogP contribution is 2.33. The Bertz CT molecular complexity index is 509. The van der Waals surface area contributed by atoms with Gasteiger partial charge >= 0.3 is 5.97 Å². The Labute approximate surface area is 138 Å². The van der Waals surface area contributed by atoms with E-state index in [1.165, 1.54) is 18.4 Å². The molecule has 1 unspecified atom stereocenters. The minimum Gasteiger partial charge on any atom is -0.480 e. The van der Waals surface area contributed by atoms with Gasteiger partial charge in [0.05, 0.1) is 6.54 Å². The van der Waals surface area contributed by atoms with Crippen molar-refractivity contribution in [3.05, 3.63) is 35.9 Å². The lowest BCUT2D eigenvalue weighted by Crippen LogP contribution is -2.54. The van der Waals surface area contributed by atoms with E-state index in [1.54, 1.807) is 0 Å². The highest BCUT2D eigenvalue weighted by Gasteiger charge is 2.36. The highest BCUT2D eigenvalue weighted by atomic mass is 16.4. The predicted molar refractivity (Wildman–Crippen MR) is 91.6 cm³/mol. The van der Waals surface area contributed by atoms with Gasteiger partial charge in [-0.05, 0) is 43.1 Å². The maximum absolute atomic E-state index is 11.1. The molecule has 0 amide bonds. The summed E-state index contributed by atoms with van der Waals surface area (Å²) >= 11 is 0. The largest absolute Gasteiger partial charge is 0.480 e. The second-order valence-electron chi connectivity index (χ2n) is 7.31. The molecule has 1 atom stereocenters. The topological polar surface area (TPSA) is 52.6 Å². The summed E-state index contributed by atoms with van der Waals surface area (Å²) in [6.07, 6.45) is 4.72. The van der Waals surface area contributed by atoms with Crippen LogP contribution in [0, 0.1) is 5.92 Å². The second kappa shape index (κ2) is 7.45. The van der Waals surface area contributed by atoms with E-state index in [0.717, 1.165) is 31.8 Å². The molecule has 2 aliphatic rings. The van der Waals surface area contributed by atoms with E-state index in [4.69, 9.17) is 5.11 Å². The van der Waals surface area contributed by atoms with Gasteiger partial charge in [-0.15, -0.1) is 0 Å². The minimum absolute atomic E-state index is 0.203. The van der Waals surface area contributed by atoms with Crippen LogP contribution in [0.3, 0.4) is 0 Å². The number of carboxylic acid groups (broad SMARTS) is 1. The molecule has 1 aromatic rings. The van der Waals surface area contributed by atoms with Crippen LogP contribution in [0.4, 0.5) is 0 Å². The summed E-state index contributed by atoms with van der Waals surface area (Å²) in [4.78, 5) is 13.2. The van der Waals surface area contributed by atoms with Crippen molar-refractivity contribution in [3.8, 4) is 0 Å². The summed E-state index contributed by atoms with van der Waals surface area (Å²) in [6, 6.07) is 11.6. The fraction of sp³-hybridized carbons (Fsp3) is 0.632. The smallest absolute Gasteiger partial charge is 0.317 e. The predicted octanol–water partition coefficient (Wildman–Crippen LogP) is 2.71. The molecule has 3 rings (SSSR count). The Kier molecular flexibility index (Phi) is 5.34. The fourth-order valence-electron chi connectivity index (χ4n) is 3.44.